The number of carbonyl (C=O) groups excluding carboxylic acids is 1. The van der Waals surface area contributed by atoms with Gasteiger partial charge in [0.25, 0.3) is 0 Å². The number of amides is 1. The minimum absolute atomic E-state index is 0.227. The van der Waals surface area contributed by atoms with Crippen molar-refractivity contribution in [3.05, 3.63) is 0 Å². The van der Waals surface area contributed by atoms with Gasteiger partial charge in [0.1, 0.15) is 0 Å². The number of hydrogen-bond donors (Lipinski definition) is 0. The lowest BCUT2D eigenvalue weighted by Crippen LogP contribution is -2.42. The zero-order valence-electron chi connectivity index (χ0n) is 13.2. The topological polar surface area (TPSA) is 39.2 Å². The van der Waals surface area contributed by atoms with Crippen molar-refractivity contribution in [3.63, 3.8) is 0 Å². The molecule has 0 unspecified atom stereocenters. The van der Waals surface area contributed by atoms with Crippen molar-refractivity contribution in [3.8, 4) is 0 Å². The van der Waals surface area contributed by atoms with Gasteiger partial charge in [-0.2, -0.15) is 0 Å². The molecule has 0 heterocycles. The maximum atomic E-state index is 12.4. The Morgan fingerprint density at radius 3 is 1.79 bits per heavy atom. The molecule has 0 bridgehead atoms. The number of carbonyl (C=O) groups is 1. The highest BCUT2D eigenvalue weighted by molar-refractivity contribution is 5.84. The largest absolute Gasteiger partial charge is 0.349 e. The number of rotatable bonds is 3. The maximum absolute atomic E-state index is 12.4. The third-order valence-electron chi connectivity index (χ3n) is 3.74. The minimum atomic E-state index is -0.277. The quantitative estimate of drug-likeness (QED) is 0.569. The first-order valence-electron chi connectivity index (χ1n) is 6.91. The van der Waals surface area contributed by atoms with Crippen LogP contribution in [-0.4, -0.2) is 75.4 Å². The van der Waals surface area contributed by atoms with Crippen molar-refractivity contribution in [2.24, 2.45) is 10.4 Å². The average Bonchev–Trinajstić information content (AvgIpc) is 2.77. The van der Waals surface area contributed by atoms with Gasteiger partial charge >= 0.3 is 0 Å². The number of guanidine groups is 1. The van der Waals surface area contributed by atoms with E-state index in [1.165, 1.54) is 0 Å². The molecule has 1 saturated carbocycles. The standard InChI is InChI=1S/C14H28N4O/c1-16(2)12(19)14(9-7-8-10-14)11-15-13(17(3)4)18(5)6/h7-11H2,1-6H3. The second-order valence-corrected chi connectivity index (χ2v) is 6.09. The van der Waals surface area contributed by atoms with Gasteiger partial charge in [-0.15, -0.1) is 0 Å². The lowest BCUT2D eigenvalue weighted by molar-refractivity contribution is -0.138. The van der Waals surface area contributed by atoms with Gasteiger partial charge in [-0.25, -0.2) is 0 Å². The molecule has 1 aliphatic rings. The van der Waals surface area contributed by atoms with Crippen LogP contribution in [0.3, 0.4) is 0 Å². The summed E-state index contributed by atoms with van der Waals surface area (Å²) < 4.78 is 0. The van der Waals surface area contributed by atoms with Gasteiger partial charge in [-0.3, -0.25) is 9.79 Å². The Morgan fingerprint density at radius 2 is 1.42 bits per heavy atom. The second kappa shape index (κ2) is 6.26. The van der Waals surface area contributed by atoms with E-state index in [0.29, 0.717) is 6.54 Å². The van der Waals surface area contributed by atoms with Crippen molar-refractivity contribution < 1.29 is 4.79 Å². The lowest BCUT2D eigenvalue weighted by Gasteiger charge is -2.30. The molecule has 0 aromatic carbocycles. The highest BCUT2D eigenvalue weighted by atomic mass is 16.2. The summed E-state index contributed by atoms with van der Waals surface area (Å²) in [5, 5.41) is 0. The van der Waals surface area contributed by atoms with Crippen LogP contribution in [0.25, 0.3) is 0 Å². The van der Waals surface area contributed by atoms with Crippen LogP contribution in [0.15, 0.2) is 4.99 Å². The Balaban J connectivity index is 2.91. The van der Waals surface area contributed by atoms with Crippen molar-refractivity contribution in [2.45, 2.75) is 25.7 Å². The summed E-state index contributed by atoms with van der Waals surface area (Å²) in [5.74, 6) is 1.14. The number of aliphatic imine (C=N–C) groups is 1. The molecule has 0 radical (unpaired) electrons. The van der Waals surface area contributed by atoms with Crippen LogP contribution < -0.4 is 0 Å². The summed E-state index contributed by atoms with van der Waals surface area (Å²) in [4.78, 5) is 22.8. The fourth-order valence-corrected chi connectivity index (χ4v) is 2.87. The van der Waals surface area contributed by atoms with Crippen molar-refractivity contribution in [1.29, 1.82) is 0 Å². The summed E-state index contributed by atoms with van der Waals surface area (Å²) in [7, 11) is 11.6. The van der Waals surface area contributed by atoms with E-state index in [1.807, 2.05) is 52.1 Å². The van der Waals surface area contributed by atoms with E-state index in [-0.39, 0.29) is 11.3 Å². The third-order valence-corrected chi connectivity index (χ3v) is 3.74. The molecule has 110 valence electrons. The first-order valence-corrected chi connectivity index (χ1v) is 6.91. The lowest BCUT2D eigenvalue weighted by atomic mass is 9.85. The van der Waals surface area contributed by atoms with E-state index in [9.17, 15) is 4.79 Å². The van der Waals surface area contributed by atoms with Crippen LogP contribution in [0.2, 0.25) is 0 Å². The van der Waals surface area contributed by atoms with E-state index in [4.69, 9.17) is 4.99 Å². The Morgan fingerprint density at radius 1 is 0.947 bits per heavy atom. The molecule has 19 heavy (non-hydrogen) atoms. The molecule has 0 spiro atoms. The van der Waals surface area contributed by atoms with Crippen LogP contribution in [0.5, 0.6) is 0 Å². The monoisotopic (exact) mass is 268 g/mol. The number of hydrogen-bond acceptors (Lipinski definition) is 2. The van der Waals surface area contributed by atoms with Gasteiger partial charge in [0, 0.05) is 42.3 Å². The molecule has 5 heteroatoms. The fourth-order valence-electron chi connectivity index (χ4n) is 2.87. The van der Waals surface area contributed by atoms with Crippen molar-refractivity contribution >= 4 is 11.9 Å². The summed E-state index contributed by atoms with van der Waals surface area (Å²) in [6.45, 7) is 0.593. The van der Waals surface area contributed by atoms with Crippen LogP contribution in [-0.2, 0) is 4.79 Å². The highest BCUT2D eigenvalue weighted by Gasteiger charge is 2.42. The van der Waals surface area contributed by atoms with Crippen LogP contribution >= 0.6 is 0 Å². The molecule has 1 amide bonds. The maximum Gasteiger partial charge on any atom is 0.230 e. The van der Waals surface area contributed by atoms with Crippen molar-refractivity contribution in [2.75, 3.05) is 48.8 Å². The Kier molecular flexibility index (Phi) is 5.20. The van der Waals surface area contributed by atoms with Gasteiger partial charge in [0.05, 0.1) is 12.0 Å². The first kappa shape index (κ1) is 15.8. The molecule has 0 atom stereocenters. The van der Waals surface area contributed by atoms with E-state index in [2.05, 4.69) is 0 Å². The highest BCUT2D eigenvalue weighted by Crippen LogP contribution is 2.39. The smallest absolute Gasteiger partial charge is 0.230 e. The molecular weight excluding hydrogens is 240 g/mol. The molecule has 1 rings (SSSR count). The molecule has 0 N–H and O–H groups in total. The Bertz CT molecular complexity index is 331. The molecule has 0 saturated heterocycles. The molecule has 5 nitrogen and oxygen atoms in total. The molecular formula is C14H28N4O. The molecule has 1 aliphatic carbocycles. The Labute approximate surface area is 117 Å². The first-order chi connectivity index (χ1) is 8.80. The van der Waals surface area contributed by atoms with Gasteiger partial charge in [-0.1, -0.05) is 12.8 Å². The SMILES string of the molecule is CN(C)C(=O)C1(CN=C(N(C)C)N(C)C)CCCC1. The molecule has 1 fully saturated rings. The van der Waals surface area contributed by atoms with E-state index >= 15 is 0 Å². The summed E-state index contributed by atoms with van der Waals surface area (Å²) in [6.07, 6.45) is 4.19. The fraction of sp³-hybridized carbons (Fsp3) is 0.857. The third kappa shape index (κ3) is 3.61. The van der Waals surface area contributed by atoms with Gasteiger partial charge in [0.15, 0.2) is 5.96 Å². The summed E-state index contributed by atoms with van der Waals surface area (Å²) in [5.41, 5.74) is -0.277. The summed E-state index contributed by atoms with van der Waals surface area (Å²) in [6, 6.07) is 0. The molecule has 0 aliphatic heterocycles. The van der Waals surface area contributed by atoms with E-state index in [1.54, 1.807) is 4.90 Å². The van der Waals surface area contributed by atoms with E-state index in [0.717, 1.165) is 31.6 Å². The van der Waals surface area contributed by atoms with Gasteiger partial charge < -0.3 is 14.7 Å². The number of nitrogens with zero attached hydrogens (tertiary/aromatic N) is 4. The second-order valence-electron chi connectivity index (χ2n) is 6.09. The van der Waals surface area contributed by atoms with Crippen LogP contribution in [0, 0.1) is 5.41 Å². The zero-order chi connectivity index (χ0) is 14.6. The van der Waals surface area contributed by atoms with Crippen LogP contribution in [0.1, 0.15) is 25.7 Å². The zero-order valence-corrected chi connectivity index (χ0v) is 13.2. The summed E-state index contributed by atoms with van der Waals surface area (Å²) >= 11 is 0. The van der Waals surface area contributed by atoms with Crippen LogP contribution in [0.4, 0.5) is 0 Å². The molecule has 0 aromatic rings. The van der Waals surface area contributed by atoms with E-state index < -0.39 is 0 Å². The van der Waals surface area contributed by atoms with Gasteiger partial charge in [0.2, 0.25) is 5.91 Å². The average molecular weight is 268 g/mol. The predicted octanol–water partition coefficient (Wildman–Crippen LogP) is 1.11. The van der Waals surface area contributed by atoms with Gasteiger partial charge in [-0.05, 0) is 12.8 Å². The normalized spacial score (nSPS) is 16.9. The molecule has 0 aromatic heterocycles. The van der Waals surface area contributed by atoms with Crippen molar-refractivity contribution in [1.82, 2.24) is 14.7 Å². The predicted molar refractivity (Wildman–Crippen MR) is 79.3 cm³/mol. The Hall–Kier alpha value is -1.26. The minimum Gasteiger partial charge on any atom is -0.349 e.